The van der Waals surface area contributed by atoms with Crippen molar-refractivity contribution >= 4 is 10.0 Å². The molecular formula is C7H5F2N3O3S. The molecule has 0 aliphatic carbocycles. The number of nitriles is 1. The molecule has 0 unspecified atom stereocenters. The number of sulfonamides is 1. The minimum absolute atomic E-state index is 0.503. The first-order valence-corrected chi connectivity index (χ1v) is 5.30. The van der Waals surface area contributed by atoms with E-state index in [2.05, 4.69) is 0 Å². The lowest BCUT2D eigenvalue weighted by Gasteiger charge is -2.03. The van der Waals surface area contributed by atoms with E-state index < -0.39 is 38.2 Å². The first-order valence-electron chi connectivity index (χ1n) is 3.75. The Hall–Kier alpha value is -1.79. The minimum atomic E-state index is -4.33. The number of hydrogen-bond donors (Lipinski definition) is 2. The third-order valence-electron chi connectivity index (χ3n) is 1.67. The van der Waals surface area contributed by atoms with E-state index in [1.807, 2.05) is 0 Å². The van der Waals surface area contributed by atoms with Gasteiger partial charge in [0.1, 0.15) is 6.07 Å². The standard InChI is InChI=1S/C7H5F2N3O3S/c8-5(9)4-1-3(2-10)7(12-6(4)13)16(11,14)15/h1,5H,(H,12,13)(H2,11,14,15). The van der Waals surface area contributed by atoms with Crippen LogP contribution in [0.5, 0.6) is 0 Å². The molecule has 0 amide bonds. The normalized spacial score (nSPS) is 11.4. The number of primary sulfonamides is 1. The fraction of sp³-hybridized carbons (Fsp3) is 0.143. The summed E-state index contributed by atoms with van der Waals surface area (Å²) in [6.07, 6.45) is -3.11. The molecule has 1 heterocycles. The van der Waals surface area contributed by atoms with Crippen molar-refractivity contribution in [2.24, 2.45) is 5.14 Å². The summed E-state index contributed by atoms with van der Waals surface area (Å²) in [5.74, 6) is 0. The van der Waals surface area contributed by atoms with E-state index in [4.69, 9.17) is 10.4 Å². The number of alkyl halides is 2. The Morgan fingerprint density at radius 2 is 2.06 bits per heavy atom. The maximum absolute atomic E-state index is 12.3. The van der Waals surface area contributed by atoms with Gasteiger partial charge in [0.15, 0.2) is 5.03 Å². The highest BCUT2D eigenvalue weighted by atomic mass is 32.2. The Balaban J connectivity index is 3.66. The molecule has 1 aromatic rings. The number of rotatable bonds is 2. The average molecular weight is 249 g/mol. The maximum atomic E-state index is 12.3. The van der Waals surface area contributed by atoms with E-state index in [-0.39, 0.29) is 0 Å². The molecule has 1 aromatic heterocycles. The van der Waals surface area contributed by atoms with Gasteiger partial charge in [-0.3, -0.25) is 4.79 Å². The topological polar surface area (TPSA) is 117 Å². The molecule has 0 atom stereocenters. The predicted octanol–water partition coefficient (Wildman–Crippen LogP) is -0.168. The molecule has 86 valence electrons. The molecule has 16 heavy (non-hydrogen) atoms. The quantitative estimate of drug-likeness (QED) is 0.756. The van der Waals surface area contributed by atoms with Crippen LogP contribution in [0.3, 0.4) is 0 Å². The summed E-state index contributed by atoms with van der Waals surface area (Å²) in [4.78, 5) is 12.7. The van der Waals surface area contributed by atoms with Crippen molar-refractivity contribution < 1.29 is 17.2 Å². The molecule has 1 rings (SSSR count). The summed E-state index contributed by atoms with van der Waals surface area (Å²) < 4.78 is 46.4. The number of halogens is 2. The first-order chi connectivity index (χ1) is 7.27. The molecule has 0 saturated carbocycles. The molecule has 0 aromatic carbocycles. The van der Waals surface area contributed by atoms with Gasteiger partial charge in [-0.2, -0.15) is 5.26 Å². The lowest BCUT2D eigenvalue weighted by Crippen LogP contribution is -2.23. The van der Waals surface area contributed by atoms with E-state index >= 15 is 0 Å². The summed E-state index contributed by atoms with van der Waals surface area (Å²) in [5, 5.41) is 12.4. The van der Waals surface area contributed by atoms with E-state index in [0.717, 1.165) is 0 Å². The number of aromatic nitrogens is 1. The molecule has 3 N–H and O–H groups in total. The molecule has 0 bridgehead atoms. The van der Waals surface area contributed by atoms with Crippen LogP contribution in [0.1, 0.15) is 17.6 Å². The van der Waals surface area contributed by atoms with Crippen molar-refractivity contribution in [3.05, 3.63) is 27.5 Å². The Labute approximate surface area is 88.4 Å². The van der Waals surface area contributed by atoms with Crippen LogP contribution in [0.4, 0.5) is 8.78 Å². The molecule has 0 spiro atoms. The number of nitrogens with one attached hydrogen (secondary N) is 1. The van der Waals surface area contributed by atoms with Crippen LogP contribution < -0.4 is 10.7 Å². The Morgan fingerprint density at radius 1 is 1.50 bits per heavy atom. The summed E-state index contributed by atoms with van der Waals surface area (Å²) in [5.41, 5.74) is -2.90. The second-order valence-corrected chi connectivity index (χ2v) is 4.25. The van der Waals surface area contributed by atoms with Gasteiger partial charge in [-0.15, -0.1) is 0 Å². The van der Waals surface area contributed by atoms with E-state index in [1.54, 1.807) is 4.98 Å². The highest BCUT2D eigenvalue weighted by Gasteiger charge is 2.21. The molecular weight excluding hydrogens is 244 g/mol. The van der Waals surface area contributed by atoms with Gasteiger partial charge in [0, 0.05) is 0 Å². The Bertz CT molecular complexity index is 615. The van der Waals surface area contributed by atoms with Crippen LogP contribution in [-0.2, 0) is 10.0 Å². The highest BCUT2D eigenvalue weighted by molar-refractivity contribution is 7.89. The van der Waals surface area contributed by atoms with E-state index in [1.165, 1.54) is 6.07 Å². The van der Waals surface area contributed by atoms with Gasteiger partial charge in [-0.25, -0.2) is 22.3 Å². The van der Waals surface area contributed by atoms with Crippen molar-refractivity contribution in [3.8, 4) is 6.07 Å². The molecule has 0 saturated heterocycles. The summed E-state index contributed by atoms with van der Waals surface area (Å²) >= 11 is 0. The number of nitrogens with two attached hydrogens (primary N) is 1. The SMILES string of the molecule is N#Cc1cc(C(F)F)c(=O)[nH]c1S(N)(=O)=O. The number of H-pyrrole nitrogens is 1. The van der Waals surface area contributed by atoms with Gasteiger partial charge in [-0.1, -0.05) is 0 Å². The van der Waals surface area contributed by atoms with E-state index in [9.17, 15) is 22.0 Å². The average Bonchev–Trinajstić information content (AvgIpc) is 2.15. The van der Waals surface area contributed by atoms with Crippen LogP contribution in [0, 0.1) is 11.3 Å². The van der Waals surface area contributed by atoms with Gasteiger partial charge >= 0.3 is 0 Å². The fourth-order valence-electron chi connectivity index (χ4n) is 0.999. The number of pyridine rings is 1. The lowest BCUT2D eigenvalue weighted by atomic mass is 10.2. The summed E-state index contributed by atoms with van der Waals surface area (Å²) in [6, 6.07) is 1.87. The predicted molar refractivity (Wildman–Crippen MR) is 48.1 cm³/mol. The van der Waals surface area contributed by atoms with Crippen molar-refractivity contribution in [3.63, 3.8) is 0 Å². The fourth-order valence-corrected chi connectivity index (χ4v) is 1.64. The van der Waals surface area contributed by atoms with Crippen LogP contribution in [0.15, 0.2) is 15.9 Å². The zero-order valence-electron chi connectivity index (χ0n) is 7.57. The number of aromatic amines is 1. The van der Waals surface area contributed by atoms with Gasteiger partial charge < -0.3 is 4.98 Å². The van der Waals surface area contributed by atoms with Crippen LogP contribution in [-0.4, -0.2) is 13.4 Å². The van der Waals surface area contributed by atoms with Crippen molar-refractivity contribution in [1.82, 2.24) is 4.98 Å². The maximum Gasteiger partial charge on any atom is 0.269 e. The second-order valence-electron chi connectivity index (χ2n) is 2.75. The lowest BCUT2D eigenvalue weighted by molar-refractivity contribution is 0.149. The van der Waals surface area contributed by atoms with Gasteiger partial charge in [-0.05, 0) is 6.07 Å². The molecule has 0 aliphatic heterocycles. The monoisotopic (exact) mass is 249 g/mol. The third kappa shape index (κ3) is 2.23. The first kappa shape index (κ1) is 12.3. The Kier molecular flexibility index (Phi) is 3.06. The molecule has 9 heteroatoms. The largest absolute Gasteiger partial charge is 0.310 e. The zero-order chi connectivity index (χ0) is 12.5. The van der Waals surface area contributed by atoms with Crippen molar-refractivity contribution in [1.29, 1.82) is 5.26 Å². The molecule has 0 aliphatic rings. The Morgan fingerprint density at radius 3 is 2.44 bits per heavy atom. The van der Waals surface area contributed by atoms with Gasteiger partial charge in [0.25, 0.3) is 22.0 Å². The summed E-state index contributed by atoms with van der Waals surface area (Å²) in [6.45, 7) is 0. The third-order valence-corrected chi connectivity index (χ3v) is 2.56. The van der Waals surface area contributed by atoms with E-state index in [0.29, 0.717) is 6.07 Å². The van der Waals surface area contributed by atoms with Crippen molar-refractivity contribution in [2.75, 3.05) is 0 Å². The zero-order valence-corrected chi connectivity index (χ0v) is 8.38. The van der Waals surface area contributed by atoms with Crippen LogP contribution in [0.2, 0.25) is 0 Å². The minimum Gasteiger partial charge on any atom is -0.310 e. The second kappa shape index (κ2) is 3.99. The molecule has 0 fully saturated rings. The highest BCUT2D eigenvalue weighted by Crippen LogP contribution is 2.17. The summed E-state index contributed by atoms with van der Waals surface area (Å²) in [7, 11) is -4.33. The van der Waals surface area contributed by atoms with Crippen LogP contribution >= 0.6 is 0 Å². The number of nitrogens with zero attached hydrogens (tertiary/aromatic N) is 1. The number of hydrogen-bond acceptors (Lipinski definition) is 4. The van der Waals surface area contributed by atoms with Crippen molar-refractivity contribution in [2.45, 2.75) is 11.5 Å². The van der Waals surface area contributed by atoms with Crippen LogP contribution in [0.25, 0.3) is 0 Å². The molecule has 6 nitrogen and oxygen atoms in total. The van der Waals surface area contributed by atoms with Gasteiger partial charge in [0.2, 0.25) is 0 Å². The smallest absolute Gasteiger partial charge is 0.269 e. The molecule has 0 radical (unpaired) electrons. The van der Waals surface area contributed by atoms with Gasteiger partial charge in [0.05, 0.1) is 11.1 Å².